The Balaban J connectivity index is 1.69. The third-order valence-corrected chi connectivity index (χ3v) is 4.77. The third-order valence-electron chi connectivity index (χ3n) is 4.77. The van der Waals surface area contributed by atoms with Crippen LogP contribution < -0.4 is 4.90 Å². The molecule has 2 heterocycles. The molecule has 6 nitrogen and oxygen atoms in total. The van der Waals surface area contributed by atoms with Crippen LogP contribution in [0.4, 0.5) is 5.69 Å². The number of rotatable bonds is 4. The topological polar surface area (TPSA) is 66.7 Å². The predicted molar refractivity (Wildman–Crippen MR) is 94.1 cm³/mol. The summed E-state index contributed by atoms with van der Waals surface area (Å²) in [5.74, 6) is 0.371. The largest absolute Gasteiger partial charge is 0.361 e. The Labute approximate surface area is 147 Å². The second-order valence-electron chi connectivity index (χ2n) is 6.74. The summed E-state index contributed by atoms with van der Waals surface area (Å²) in [6, 6.07) is 7.80. The van der Waals surface area contributed by atoms with Gasteiger partial charge in [0.25, 0.3) is 0 Å². The molecule has 25 heavy (non-hydrogen) atoms. The summed E-state index contributed by atoms with van der Waals surface area (Å²) in [5.41, 5.74) is 3.71. The minimum atomic E-state index is -0.320. The van der Waals surface area contributed by atoms with E-state index in [4.69, 9.17) is 4.52 Å². The molecule has 0 N–H and O–H groups in total. The molecule has 3 rings (SSSR count). The maximum Gasteiger partial charge on any atom is 0.228 e. The minimum Gasteiger partial charge on any atom is -0.361 e. The van der Waals surface area contributed by atoms with Crippen LogP contribution in [0.1, 0.15) is 29.0 Å². The van der Waals surface area contributed by atoms with Crippen LogP contribution in [0.15, 0.2) is 28.8 Å². The van der Waals surface area contributed by atoms with Gasteiger partial charge in [-0.3, -0.25) is 9.59 Å². The van der Waals surface area contributed by atoms with Crippen molar-refractivity contribution in [1.82, 2.24) is 10.1 Å². The molecule has 1 saturated heterocycles. The first-order valence-electron chi connectivity index (χ1n) is 8.40. The van der Waals surface area contributed by atoms with Crippen LogP contribution in [0.5, 0.6) is 0 Å². The van der Waals surface area contributed by atoms with Gasteiger partial charge in [0, 0.05) is 31.3 Å². The van der Waals surface area contributed by atoms with Crippen molar-refractivity contribution in [2.45, 2.75) is 33.7 Å². The lowest BCUT2D eigenvalue weighted by Gasteiger charge is -2.21. The van der Waals surface area contributed by atoms with Crippen molar-refractivity contribution in [2.24, 2.45) is 5.92 Å². The van der Waals surface area contributed by atoms with E-state index in [-0.39, 0.29) is 24.2 Å². The zero-order chi connectivity index (χ0) is 18.1. The fourth-order valence-electron chi connectivity index (χ4n) is 3.20. The van der Waals surface area contributed by atoms with E-state index in [9.17, 15) is 9.59 Å². The monoisotopic (exact) mass is 341 g/mol. The van der Waals surface area contributed by atoms with E-state index in [0.29, 0.717) is 13.1 Å². The van der Waals surface area contributed by atoms with Gasteiger partial charge in [-0.15, -0.1) is 0 Å². The van der Waals surface area contributed by atoms with Gasteiger partial charge in [0.2, 0.25) is 11.8 Å². The Morgan fingerprint density at radius 3 is 2.56 bits per heavy atom. The maximum atomic E-state index is 12.8. The van der Waals surface area contributed by atoms with E-state index >= 15 is 0 Å². The van der Waals surface area contributed by atoms with Gasteiger partial charge in [-0.2, -0.15) is 0 Å². The maximum absolute atomic E-state index is 12.8. The summed E-state index contributed by atoms with van der Waals surface area (Å²) < 4.78 is 5.15. The third kappa shape index (κ3) is 3.43. The quantitative estimate of drug-likeness (QED) is 0.857. The molecule has 132 valence electrons. The Morgan fingerprint density at radius 1 is 1.28 bits per heavy atom. The highest BCUT2D eigenvalue weighted by Crippen LogP contribution is 2.27. The van der Waals surface area contributed by atoms with Crippen LogP contribution in [-0.4, -0.2) is 35.5 Å². The number of carbonyl (C=O) groups excluding carboxylic acids is 2. The average Bonchev–Trinajstić information content (AvgIpc) is 3.12. The van der Waals surface area contributed by atoms with E-state index in [0.717, 1.165) is 28.3 Å². The molecule has 1 aliphatic rings. The summed E-state index contributed by atoms with van der Waals surface area (Å²) in [7, 11) is 1.76. The Kier molecular flexibility index (Phi) is 4.61. The van der Waals surface area contributed by atoms with Crippen molar-refractivity contribution >= 4 is 17.5 Å². The molecule has 1 fully saturated rings. The molecule has 0 unspecified atom stereocenters. The summed E-state index contributed by atoms with van der Waals surface area (Å²) in [4.78, 5) is 28.5. The van der Waals surface area contributed by atoms with Crippen LogP contribution >= 0.6 is 0 Å². The summed E-state index contributed by atoms with van der Waals surface area (Å²) in [5, 5.41) is 3.92. The minimum absolute atomic E-state index is 0.00654. The summed E-state index contributed by atoms with van der Waals surface area (Å²) >= 11 is 0. The van der Waals surface area contributed by atoms with E-state index in [1.807, 2.05) is 45.0 Å². The standard InChI is InChI=1S/C19H23N3O3/c1-12-5-7-16(8-6-12)22-10-15(9-18(22)23)19(24)21(4)11-17-13(2)20-25-14(17)3/h5-8,15H,9-11H2,1-4H3/t15-/m0/s1. The summed E-state index contributed by atoms with van der Waals surface area (Å²) in [6.45, 7) is 6.57. The van der Waals surface area contributed by atoms with E-state index in [1.54, 1.807) is 16.8 Å². The van der Waals surface area contributed by atoms with Crippen LogP contribution in [0, 0.1) is 26.7 Å². The van der Waals surface area contributed by atoms with Crippen LogP contribution in [0.2, 0.25) is 0 Å². The number of hydrogen-bond acceptors (Lipinski definition) is 4. The number of aryl methyl sites for hydroxylation is 3. The highest BCUT2D eigenvalue weighted by molar-refractivity contribution is 6.00. The first-order chi connectivity index (χ1) is 11.9. The molecule has 0 aliphatic carbocycles. The number of hydrogen-bond donors (Lipinski definition) is 0. The van der Waals surface area contributed by atoms with E-state index in [1.165, 1.54) is 0 Å². The number of anilines is 1. The lowest BCUT2D eigenvalue weighted by Crippen LogP contribution is -2.34. The smallest absolute Gasteiger partial charge is 0.228 e. The molecule has 1 aromatic carbocycles. The lowest BCUT2D eigenvalue weighted by atomic mass is 10.1. The molecule has 0 radical (unpaired) electrons. The van der Waals surface area contributed by atoms with Gasteiger partial charge < -0.3 is 14.3 Å². The SMILES string of the molecule is Cc1ccc(N2C[C@@H](C(=O)N(C)Cc3c(C)noc3C)CC2=O)cc1. The Morgan fingerprint density at radius 2 is 1.96 bits per heavy atom. The van der Waals surface area contributed by atoms with Gasteiger partial charge in [0.05, 0.1) is 18.2 Å². The first-order valence-corrected chi connectivity index (χ1v) is 8.40. The first kappa shape index (κ1) is 17.2. The van der Waals surface area contributed by atoms with Crippen molar-refractivity contribution in [1.29, 1.82) is 0 Å². The normalized spacial score (nSPS) is 17.2. The average molecular weight is 341 g/mol. The van der Waals surface area contributed by atoms with Gasteiger partial charge in [-0.1, -0.05) is 22.9 Å². The molecule has 2 amide bonds. The van der Waals surface area contributed by atoms with Gasteiger partial charge in [-0.25, -0.2) is 0 Å². The zero-order valence-electron chi connectivity index (χ0n) is 15.1. The number of amides is 2. The highest BCUT2D eigenvalue weighted by atomic mass is 16.5. The highest BCUT2D eigenvalue weighted by Gasteiger charge is 2.36. The molecule has 1 atom stereocenters. The Hall–Kier alpha value is -2.63. The van der Waals surface area contributed by atoms with Crippen molar-refractivity contribution in [3.8, 4) is 0 Å². The predicted octanol–water partition coefficient (Wildman–Crippen LogP) is 2.61. The van der Waals surface area contributed by atoms with Gasteiger partial charge in [-0.05, 0) is 32.9 Å². The zero-order valence-corrected chi connectivity index (χ0v) is 15.1. The van der Waals surface area contributed by atoms with E-state index in [2.05, 4.69) is 5.16 Å². The van der Waals surface area contributed by atoms with Crippen molar-refractivity contribution in [3.63, 3.8) is 0 Å². The molecule has 0 spiro atoms. The molecule has 2 aromatic rings. The molecule has 0 bridgehead atoms. The van der Waals surface area contributed by atoms with Crippen LogP contribution in [-0.2, 0) is 16.1 Å². The lowest BCUT2D eigenvalue weighted by molar-refractivity contribution is -0.135. The van der Waals surface area contributed by atoms with Crippen molar-refractivity contribution < 1.29 is 14.1 Å². The molecule has 1 aromatic heterocycles. The van der Waals surface area contributed by atoms with Crippen LogP contribution in [0.25, 0.3) is 0 Å². The number of nitrogens with zero attached hydrogens (tertiary/aromatic N) is 3. The summed E-state index contributed by atoms with van der Waals surface area (Å²) in [6.07, 6.45) is 0.249. The molecule has 0 saturated carbocycles. The second kappa shape index (κ2) is 6.70. The van der Waals surface area contributed by atoms with Crippen LogP contribution in [0.3, 0.4) is 0 Å². The number of benzene rings is 1. The van der Waals surface area contributed by atoms with Crippen molar-refractivity contribution in [3.05, 3.63) is 46.8 Å². The van der Waals surface area contributed by atoms with Gasteiger partial charge >= 0.3 is 0 Å². The Bertz CT molecular complexity index is 775. The van der Waals surface area contributed by atoms with Crippen molar-refractivity contribution in [2.75, 3.05) is 18.5 Å². The number of carbonyl (C=O) groups is 2. The van der Waals surface area contributed by atoms with E-state index < -0.39 is 0 Å². The van der Waals surface area contributed by atoms with Gasteiger partial charge in [0.1, 0.15) is 5.76 Å². The molecule has 6 heteroatoms. The fourth-order valence-corrected chi connectivity index (χ4v) is 3.20. The molecule has 1 aliphatic heterocycles. The molecular formula is C19H23N3O3. The fraction of sp³-hybridized carbons (Fsp3) is 0.421. The van der Waals surface area contributed by atoms with Gasteiger partial charge in [0.15, 0.2) is 0 Å². The number of aromatic nitrogens is 1. The molecular weight excluding hydrogens is 318 g/mol. The second-order valence-corrected chi connectivity index (χ2v) is 6.74.